The second-order valence-corrected chi connectivity index (χ2v) is 3.40. The van der Waals surface area contributed by atoms with Crippen LogP contribution in [0.15, 0.2) is 23.3 Å². The van der Waals surface area contributed by atoms with Crippen LogP contribution >= 0.6 is 0 Å². The Morgan fingerprint density at radius 3 is 3.15 bits per heavy atom. The maximum atomic E-state index is 5.93. The van der Waals surface area contributed by atoms with Crippen molar-refractivity contribution in [1.29, 1.82) is 0 Å². The van der Waals surface area contributed by atoms with Crippen LogP contribution in [0.1, 0.15) is 6.92 Å². The number of aliphatic imine (C=N–C) groups is 1. The lowest BCUT2D eigenvalue weighted by molar-refractivity contribution is 0.842. The zero-order valence-electron chi connectivity index (χ0n) is 7.44. The minimum atomic E-state index is -0.504. The van der Waals surface area contributed by atoms with E-state index in [9.17, 15) is 0 Å². The smallest absolute Gasteiger partial charge is 0.0699 e. The first-order valence-electron chi connectivity index (χ1n) is 4.15. The predicted molar refractivity (Wildman–Crippen MR) is 53.5 cm³/mol. The highest BCUT2D eigenvalue weighted by molar-refractivity contribution is 5.81. The minimum Gasteiger partial charge on any atom is -0.318 e. The second-order valence-electron chi connectivity index (χ2n) is 3.40. The van der Waals surface area contributed by atoms with Crippen molar-refractivity contribution < 1.29 is 0 Å². The number of rotatable bonds is 0. The number of fused-ring (bicyclic) bond motifs is 1. The lowest BCUT2D eigenvalue weighted by Gasteiger charge is -2.11. The van der Waals surface area contributed by atoms with Gasteiger partial charge in [-0.3, -0.25) is 9.98 Å². The molecule has 0 fully saturated rings. The van der Waals surface area contributed by atoms with Gasteiger partial charge in [-0.1, -0.05) is 0 Å². The summed E-state index contributed by atoms with van der Waals surface area (Å²) in [5, 5.41) is 1.90. The van der Waals surface area contributed by atoms with E-state index in [1.807, 2.05) is 25.1 Å². The lowest BCUT2D eigenvalue weighted by Crippen LogP contribution is -2.39. The SMILES string of the molecule is CC1(N)C=NC=c2cccnc2=C1. The summed E-state index contributed by atoms with van der Waals surface area (Å²) in [6, 6.07) is 3.86. The largest absolute Gasteiger partial charge is 0.318 e. The number of hydrogen-bond donors (Lipinski definition) is 1. The number of nitrogens with two attached hydrogens (primary N) is 1. The highest BCUT2D eigenvalue weighted by Crippen LogP contribution is 1.97. The third-order valence-corrected chi connectivity index (χ3v) is 1.89. The quantitative estimate of drug-likeness (QED) is 0.569. The van der Waals surface area contributed by atoms with Crippen LogP contribution in [-0.4, -0.2) is 16.7 Å². The Labute approximate surface area is 76.3 Å². The molecule has 1 aliphatic heterocycles. The fraction of sp³-hybridized carbons (Fsp3) is 0.200. The maximum Gasteiger partial charge on any atom is 0.0699 e. The van der Waals surface area contributed by atoms with Gasteiger partial charge in [0.25, 0.3) is 0 Å². The molecule has 3 nitrogen and oxygen atoms in total. The van der Waals surface area contributed by atoms with E-state index in [0.29, 0.717) is 0 Å². The standard InChI is InChI=1S/C10H11N3/c1-10(11)5-9-8(6-12-7-10)3-2-4-13-9/h2-7H,11H2,1H3. The third-order valence-electron chi connectivity index (χ3n) is 1.89. The first-order chi connectivity index (χ1) is 6.17. The molecule has 2 heterocycles. The lowest BCUT2D eigenvalue weighted by atomic mass is 10.1. The fourth-order valence-corrected chi connectivity index (χ4v) is 1.27. The van der Waals surface area contributed by atoms with Gasteiger partial charge in [-0.15, -0.1) is 0 Å². The van der Waals surface area contributed by atoms with Gasteiger partial charge in [0, 0.05) is 23.8 Å². The molecule has 0 aromatic carbocycles. The number of hydrogen-bond acceptors (Lipinski definition) is 3. The zero-order valence-corrected chi connectivity index (χ0v) is 7.44. The van der Waals surface area contributed by atoms with Gasteiger partial charge >= 0.3 is 0 Å². The molecule has 3 heteroatoms. The number of aromatic nitrogens is 1. The van der Waals surface area contributed by atoms with Crippen LogP contribution in [-0.2, 0) is 0 Å². The zero-order chi connectivity index (χ0) is 9.31. The van der Waals surface area contributed by atoms with Gasteiger partial charge in [-0.05, 0) is 25.1 Å². The van der Waals surface area contributed by atoms with Crippen LogP contribution in [0, 0.1) is 0 Å². The van der Waals surface area contributed by atoms with Crippen molar-refractivity contribution in [2.24, 2.45) is 10.7 Å². The van der Waals surface area contributed by atoms with Crippen LogP contribution in [0.25, 0.3) is 12.3 Å². The molecule has 0 radical (unpaired) electrons. The Bertz CT molecular complexity index is 457. The first-order valence-corrected chi connectivity index (χ1v) is 4.15. The van der Waals surface area contributed by atoms with Crippen molar-refractivity contribution in [3.05, 3.63) is 28.9 Å². The van der Waals surface area contributed by atoms with Crippen molar-refractivity contribution >= 4 is 18.5 Å². The van der Waals surface area contributed by atoms with Gasteiger partial charge in [0.15, 0.2) is 0 Å². The predicted octanol–water partition coefficient (Wildman–Crippen LogP) is -0.598. The van der Waals surface area contributed by atoms with Gasteiger partial charge in [0.2, 0.25) is 0 Å². The molecule has 66 valence electrons. The summed E-state index contributed by atoms with van der Waals surface area (Å²) in [5.41, 5.74) is 5.42. The average molecular weight is 173 g/mol. The van der Waals surface area contributed by atoms with Crippen LogP contribution in [0.5, 0.6) is 0 Å². The molecule has 0 bridgehead atoms. The Morgan fingerprint density at radius 2 is 2.31 bits per heavy atom. The van der Waals surface area contributed by atoms with Crippen molar-refractivity contribution in [3.8, 4) is 0 Å². The molecule has 1 aromatic rings. The van der Waals surface area contributed by atoms with Crippen molar-refractivity contribution in [2.45, 2.75) is 12.5 Å². The van der Waals surface area contributed by atoms with Crippen molar-refractivity contribution in [1.82, 2.24) is 4.98 Å². The Balaban J connectivity index is 2.77. The number of nitrogens with zero attached hydrogens (tertiary/aromatic N) is 2. The van der Waals surface area contributed by atoms with Gasteiger partial charge in [0.1, 0.15) is 0 Å². The monoisotopic (exact) mass is 173 g/mol. The minimum absolute atomic E-state index is 0.504. The Morgan fingerprint density at radius 1 is 1.46 bits per heavy atom. The van der Waals surface area contributed by atoms with Crippen molar-refractivity contribution in [3.63, 3.8) is 0 Å². The highest BCUT2D eigenvalue weighted by Gasteiger charge is 2.12. The molecule has 0 amide bonds. The van der Waals surface area contributed by atoms with Crippen LogP contribution in [0.3, 0.4) is 0 Å². The van der Waals surface area contributed by atoms with Crippen molar-refractivity contribution in [2.75, 3.05) is 0 Å². The summed E-state index contributed by atoms with van der Waals surface area (Å²) in [4.78, 5) is 8.35. The van der Waals surface area contributed by atoms with Gasteiger partial charge in [0.05, 0.1) is 10.9 Å². The van der Waals surface area contributed by atoms with Gasteiger partial charge in [-0.25, -0.2) is 0 Å². The van der Waals surface area contributed by atoms with Gasteiger partial charge < -0.3 is 5.73 Å². The molecular formula is C10H11N3. The van der Waals surface area contributed by atoms with Crippen LogP contribution in [0.2, 0.25) is 0 Å². The molecule has 1 atom stereocenters. The van der Waals surface area contributed by atoms with E-state index < -0.39 is 5.54 Å². The van der Waals surface area contributed by atoms with E-state index in [0.717, 1.165) is 10.6 Å². The number of pyridine rings is 1. The Kier molecular flexibility index (Phi) is 1.74. The van der Waals surface area contributed by atoms with E-state index in [1.165, 1.54) is 0 Å². The topological polar surface area (TPSA) is 51.3 Å². The van der Waals surface area contributed by atoms with E-state index in [2.05, 4.69) is 9.98 Å². The highest BCUT2D eigenvalue weighted by atomic mass is 14.8. The first kappa shape index (κ1) is 8.13. The fourth-order valence-electron chi connectivity index (χ4n) is 1.27. The molecule has 1 aromatic heterocycles. The molecule has 1 aliphatic rings. The van der Waals surface area contributed by atoms with E-state index in [4.69, 9.17) is 5.73 Å². The van der Waals surface area contributed by atoms with E-state index >= 15 is 0 Å². The Hall–Kier alpha value is -1.48. The van der Waals surface area contributed by atoms with Crippen LogP contribution < -0.4 is 16.3 Å². The molecule has 1 unspecified atom stereocenters. The molecule has 2 rings (SSSR count). The molecule has 13 heavy (non-hydrogen) atoms. The summed E-state index contributed by atoms with van der Waals surface area (Å²) in [6.07, 6.45) is 7.16. The summed E-state index contributed by atoms with van der Waals surface area (Å²) in [6.45, 7) is 1.90. The summed E-state index contributed by atoms with van der Waals surface area (Å²) < 4.78 is 0. The second kappa shape index (κ2) is 2.78. The normalized spacial score (nSPS) is 25.4. The van der Waals surface area contributed by atoms with Crippen LogP contribution in [0.4, 0.5) is 0 Å². The molecule has 0 saturated heterocycles. The summed E-state index contributed by atoms with van der Waals surface area (Å²) in [7, 11) is 0. The molecule has 0 saturated carbocycles. The maximum absolute atomic E-state index is 5.93. The molecular weight excluding hydrogens is 162 g/mol. The van der Waals surface area contributed by atoms with E-state index in [1.54, 1.807) is 18.6 Å². The van der Waals surface area contributed by atoms with Gasteiger partial charge in [-0.2, -0.15) is 0 Å². The molecule has 2 N–H and O–H groups in total. The summed E-state index contributed by atoms with van der Waals surface area (Å²) in [5.74, 6) is 0. The van der Waals surface area contributed by atoms with E-state index in [-0.39, 0.29) is 0 Å². The molecule has 0 aliphatic carbocycles. The average Bonchev–Trinajstić information content (AvgIpc) is 2.21. The third kappa shape index (κ3) is 1.65. The summed E-state index contributed by atoms with van der Waals surface area (Å²) >= 11 is 0. The molecule has 0 spiro atoms.